The van der Waals surface area contributed by atoms with Crippen molar-refractivity contribution in [1.82, 2.24) is 14.7 Å². The summed E-state index contributed by atoms with van der Waals surface area (Å²) in [4.78, 5) is 27.2. The number of benzene rings is 2. The van der Waals surface area contributed by atoms with Crippen LogP contribution in [0, 0.1) is 24.7 Å². The number of likely N-dealkylation sites (tertiary alicyclic amines) is 1. The van der Waals surface area contributed by atoms with Crippen molar-refractivity contribution in [2.45, 2.75) is 78.6 Å². The van der Waals surface area contributed by atoms with Gasteiger partial charge in [0.1, 0.15) is 5.82 Å². The second-order valence-corrected chi connectivity index (χ2v) is 12.0. The number of aromatic nitrogens is 2. The van der Waals surface area contributed by atoms with E-state index in [1.54, 1.807) is 4.68 Å². The third kappa shape index (κ3) is 8.47. The number of unbranched alkanes of at least 4 members (excludes halogenated alkanes) is 2. The summed E-state index contributed by atoms with van der Waals surface area (Å²) in [7, 11) is 0. The lowest BCUT2D eigenvalue weighted by Gasteiger charge is -2.30. The highest BCUT2D eigenvalue weighted by Gasteiger charge is 2.23. The molecule has 7 heteroatoms. The maximum Gasteiger partial charge on any atom is 0.324 e. The molecular weight excluding hydrogens is 510 g/mol. The fraction of sp³-hybridized carbons (Fsp3) is 0.441. The van der Waals surface area contributed by atoms with Crippen LogP contribution in [0.3, 0.4) is 0 Å². The Hall–Kier alpha value is -4.05. The predicted octanol–water partition coefficient (Wildman–Crippen LogP) is 7.10. The molecule has 1 aromatic heterocycles. The molecule has 2 N–H and O–H groups in total. The molecule has 7 nitrogen and oxygen atoms in total. The van der Waals surface area contributed by atoms with E-state index in [1.165, 1.54) is 5.56 Å². The van der Waals surface area contributed by atoms with Crippen LogP contribution in [0.1, 0.15) is 76.6 Å². The van der Waals surface area contributed by atoms with Gasteiger partial charge in [-0.25, -0.2) is 9.48 Å². The van der Waals surface area contributed by atoms with E-state index in [-0.39, 0.29) is 17.4 Å². The molecule has 3 amide bonds. The second-order valence-electron chi connectivity index (χ2n) is 12.0. The summed E-state index contributed by atoms with van der Waals surface area (Å²) < 4.78 is 1.78. The first-order chi connectivity index (χ1) is 19.6. The fourth-order valence-electron chi connectivity index (χ4n) is 4.88. The van der Waals surface area contributed by atoms with E-state index in [9.17, 15) is 9.59 Å². The van der Waals surface area contributed by atoms with Gasteiger partial charge in [0.05, 0.1) is 11.4 Å². The maximum atomic E-state index is 13.0. The average molecular weight is 554 g/mol. The second kappa shape index (κ2) is 13.5. The van der Waals surface area contributed by atoms with Crippen LogP contribution in [0.15, 0.2) is 54.6 Å². The van der Waals surface area contributed by atoms with E-state index in [1.807, 2.05) is 54.3 Å². The van der Waals surface area contributed by atoms with Crippen molar-refractivity contribution >= 4 is 23.4 Å². The number of nitrogens with zero attached hydrogens (tertiary/aromatic N) is 3. The van der Waals surface area contributed by atoms with Gasteiger partial charge >= 0.3 is 6.03 Å². The quantitative estimate of drug-likeness (QED) is 0.242. The van der Waals surface area contributed by atoms with Gasteiger partial charge in [0.15, 0.2) is 0 Å². The molecule has 1 fully saturated rings. The van der Waals surface area contributed by atoms with Gasteiger partial charge in [-0.15, -0.1) is 0 Å². The summed E-state index contributed by atoms with van der Waals surface area (Å²) >= 11 is 0. The SMILES string of the molecule is CCCCC#CC(=O)N1CCC(Cc2ccc(NC(=O)Nc3cc(C(C)(C)C)nn3-c3ccc(C)cc3)cc2)CC1. The van der Waals surface area contributed by atoms with E-state index in [0.717, 1.165) is 74.2 Å². The van der Waals surface area contributed by atoms with Crippen LogP contribution in [0.25, 0.3) is 5.69 Å². The number of urea groups is 1. The van der Waals surface area contributed by atoms with Crippen molar-refractivity contribution in [3.63, 3.8) is 0 Å². The Morgan fingerprint density at radius 1 is 1.00 bits per heavy atom. The summed E-state index contributed by atoms with van der Waals surface area (Å²) in [6, 6.07) is 17.7. The van der Waals surface area contributed by atoms with Crippen molar-refractivity contribution < 1.29 is 9.59 Å². The Morgan fingerprint density at radius 2 is 1.68 bits per heavy atom. The molecule has 0 bridgehead atoms. The molecule has 41 heavy (non-hydrogen) atoms. The highest BCUT2D eigenvalue weighted by molar-refractivity contribution is 5.99. The minimum atomic E-state index is -0.318. The van der Waals surface area contributed by atoms with Gasteiger partial charge in [0.25, 0.3) is 5.91 Å². The van der Waals surface area contributed by atoms with Crippen molar-refractivity contribution in [3.05, 3.63) is 71.4 Å². The lowest BCUT2D eigenvalue weighted by molar-refractivity contribution is -0.126. The number of aryl methyl sites for hydroxylation is 1. The number of rotatable bonds is 7. The van der Waals surface area contributed by atoms with Gasteiger partial charge in [-0.2, -0.15) is 5.10 Å². The minimum Gasteiger partial charge on any atom is -0.332 e. The highest BCUT2D eigenvalue weighted by Crippen LogP contribution is 2.27. The summed E-state index contributed by atoms with van der Waals surface area (Å²) in [5, 5.41) is 10.7. The third-order valence-electron chi connectivity index (χ3n) is 7.49. The number of amides is 3. The highest BCUT2D eigenvalue weighted by atomic mass is 16.2. The van der Waals surface area contributed by atoms with E-state index < -0.39 is 0 Å². The molecule has 1 saturated heterocycles. The van der Waals surface area contributed by atoms with Gasteiger partial charge < -0.3 is 10.2 Å². The average Bonchev–Trinajstić information content (AvgIpc) is 3.37. The van der Waals surface area contributed by atoms with Crippen LogP contribution in [0.4, 0.5) is 16.3 Å². The largest absolute Gasteiger partial charge is 0.332 e. The maximum absolute atomic E-state index is 13.0. The zero-order chi connectivity index (χ0) is 29.4. The van der Waals surface area contributed by atoms with Crippen LogP contribution >= 0.6 is 0 Å². The molecule has 2 heterocycles. The van der Waals surface area contributed by atoms with Crippen LogP contribution in [-0.4, -0.2) is 39.7 Å². The minimum absolute atomic E-state index is 0.0372. The smallest absolute Gasteiger partial charge is 0.324 e. The molecule has 0 radical (unpaired) electrons. The number of hydrogen-bond acceptors (Lipinski definition) is 3. The molecule has 0 unspecified atom stereocenters. The van der Waals surface area contributed by atoms with Gasteiger partial charge in [-0.3, -0.25) is 10.1 Å². The van der Waals surface area contributed by atoms with Crippen LogP contribution in [-0.2, 0) is 16.6 Å². The van der Waals surface area contributed by atoms with Gasteiger partial charge in [0, 0.05) is 36.7 Å². The Morgan fingerprint density at radius 3 is 2.32 bits per heavy atom. The van der Waals surface area contributed by atoms with Crippen molar-refractivity contribution in [1.29, 1.82) is 0 Å². The first kappa shape index (κ1) is 29.9. The molecule has 4 rings (SSSR count). The predicted molar refractivity (Wildman–Crippen MR) is 166 cm³/mol. The molecule has 1 aliphatic rings. The zero-order valence-electron chi connectivity index (χ0n) is 25.1. The monoisotopic (exact) mass is 553 g/mol. The molecule has 0 aliphatic carbocycles. The van der Waals surface area contributed by atoms with Crippen LogP contribution < -0.4 is 10.6 Å². The van der Waals surface area contributed by atoms with Crippen molar-refractivity contribution in [3.8, 4) is 17.5 Å². The summed E-state index contributed by atoms with van der Waals surface area (Å²) in [5.74, 6) is 6.92. The topological polar surface area (TPSA) is 79.3 Å². The third-order valence-corrected chi connectivity index (χ3v) is 7.49. The van der Waals surface area contributed by atoms with Crippen molar-refractivity contribution in [2.24, 2.45) is 5.92 Å². The Bertz CT molecular complexity index is 1380. The van der Waals surface area contributed by atoms with E-state index in [2.05, 4.69) is 62.3 Å². The summed E-state index contributed by atoms with van der Waals surface area (Å²) in [6.07, 6.45) is 5.85. The number of nitrogens with one attached hydrogen (secondary N) is 2. The van der Waals surface area contributed by atoms with Gasteiger partial charge in [-0.1, -0.05) is 69.9 Å². The van der Waals surface area contributed by atoms with E-state index >= 15 is 0 Å². The molecule has 216 valence electrons. The lowest BCUT2D eigenvalue weighted by atomic mass is 9.90. The Kier molecular flexibility index (Phi) is 9.88. The van der Waals surface area contributed by atoms with E-state index in [4.69, 9.17) is 5.10 Å². The molecular formula is C34H43N5O2. The van der Waals surface area contributed by atoms with Crippen LogP contribution in [0.5, 0.6) is 0 Å². The first-order valence-corrected chi connectivity index (χ1v) is 14.7. The number of hydrogen-bond donors (Lipinski definition) is 2. The summed E-state index contributed by atoms with van der Waals surface area (Å²) in [6.45, 7) is 12.0. The van der Waals surface area contributed by atoms with Crippen molar-refractivity contribution in [2.75, 3.05) is 23.7 Å². The van der Waals surface area contributed by atoms with Gasteiger partial charge in [0.2, 0.25) is 0 Å². The molecule has 0 saturated carbocycles. The normalized spacial score (nSPS) is 13.8. The fourth-order valence-corrected chi connectivity index (χ4v) is 4.88. The standard InChI is InChI=1S/C34H43N5O2/c1-6-7-8-9-10-32(40)38-21-19-27(20-22-38)23-26-13-15-28(16-14-26)35-33(41)36-31-24-30(34(3,4)5)37-39(31)29-17-11-25(2)12-18-29/h11-18,24,27H,6-8,19-23H2,1-5H3,(H2,35,36,41). The number of piperidine rings is 1. The lowest BCUT2D eigenvalue weighted by Crippen LogP contribution is -2.38. The molecule has 3 aromatic rings. The van der Waals surface area contributed by atoms with E-state index in [0.29, 0.717) is 11.7 Å². The Labute approximate surface area is 244 Å². The molecule has 0 spiro atoms. The number of anilines is 2. The van der Waals surface area contributed by atoms with Crippen LogP contribution in [0.2, 0.25) is 0 Å². The number of carbonyl (C=O) groups is 2. The molecule has 0 atom stereocenters. The Balaban J connectivity index is 1.31. The summed E-state index contributed by atoms with van der Waals surface area (Å²) in [5.41, 5.74) is 4.75. The molecule has 1 aliphatic heterocycles. The van der Waals surface area contributed by atoms with Gasteiger partial charge in [-0.05, 0) is 74.3 Å². The number of carbonyl (C=O) groups excluding carboxylic acids is 2. The molecule has 2 aromatic carbocycles. The first-order valence-electron chi connectivity index (χ1n) is 14.7. The zero-order valence-corrected chi connectivity index (χ0v) is 25.1.